The normalized spacial score (nSPS) is 19.9. The third-order valence-electron chi connectivity index (χ3n) is 26.3. The van der Waals surface area contributed by atoms with Gasteiger partial charge in [0.2, 0.25) is 0 Å². The molecule has 2 spiro atoms. The number of nitrogens with one attached hydrogen (secondary N) is 8. The number of nitrogens with zero attached hydrogens (tertiary/aromatic N) is 16. The van der Waals surface area contributed by atoms with E-state index in [0.717, 1.165) is 157 Å². The zero-order chi connectivity index (χ0) is 89.4. The number of benzene rings is 5. The van der Waals surface area contributed by atoms with Crippen LogP contribution in [0.4, 0.5) is 68.0 Å². The van der Waals surface area contributed by atoms with Crippen molar-refractivity contribution in [2.75, 3.05) is 121 Å². The zero-order valence-electron chi connectivity index (χ0n) is 71.4. The van der Waals surface area contributed by atoms with E-state index in [9.17, 15) is 13.2 Å². The van der Waals surface area contributed by atoms with E-state index in [-0.39, 0.29) is 87.0 Å². The Bertz CT molecular complexity index is 7330. The van der Waals surface area contributed by atoms with Gasteiger partial charge in [0.15, 0.2) is 11.6 Å². The summed E-state index contributed by atoms with van der Waals surface area (Å²) in [5.74, 6) is 2.51. The number of aromatic amines is 4. The highest BCUT2D eigenvalue weighted by molar-refractivity contribution is 6.33. The summed E-state index contributed by atoms with van der Waals surface area (Å²) >= 11 is 6.43. The maximum absolute atomic E-state index is 15.1. The van der Waals surface area contributed by atoms with Crippen LogP contribution >= 0.6 is 11.6 Å². The monoisotopic (exact) mass is 1780 g/mol. The molecule has 4 aliphatic heterocycles. The van der Waals surface area contributed by atoms with Crippen molar-refractivity contribution >= 4 is 156 Å². The fourth-order valence-corrected chi connectivity index (χ4v) is 19.4. The topological polar surface area (TPSA) is 420 Å². The molecule has 7 fully saturated rings. The first kappa shape index (κ1) is 82.8. The van der Waals surface area contributed by atoms with Crippen molar-refractivity contribution in [3.05, 3.63) is 180 Å². The molecule has 3 saturated carbocycles. The van der Waals surface area contributed by atoms with E-state index in [2.05, 4.69) is 111 Å². The Balaban J connectivity index is 0.000000105. The summed E-state index contributed by atoms with van der Waals surface area (Å²) in [7, 11) is 6.74. The summed E-state index contributed by atoms with van der Waals surface area (Å²) in [6, 6.07) is 30.6. The van der Waals surface area contributed by atoms with E-state index in [1.165, 1.54) is 6.07 Å². The Labute approximate surface area is 743 Å². The molecular formula is C92H90ClF5N28O4. The Hall–Kier alpha value is -14.1. The number of nitrogens with two attached hydrogens (primary N) is 4. The van der Waals surface area contributed by atoms with Gasteiger partial charge in [0.1, 0.15) is 86.3 Å². The second-order valence-corrected chi connectivity index (χ2v) is 34.9. The molecule has 664 valence electrons. The third-order valence-corrected chi connectivity index (χ3v) is 26.5. The molecule has 0 radical (unpaired) electrons. The second-order valence-electron chi connectivity index (χ2n) is 34.5. The molecule has 0 bridgehead atoms. The first-order valence-electron chi connectivity index (χ1n) is 43.0. The molecule has 17 aromatic rings. The van der Waals surface area contributed by atoms with Gasteiger partial charge in [-0.1, -0.05) is 29.8 Å². The number of ether oxygens (including phenoxy) is 4. The van der Waals surface area contributed by atoms with Crippen molar-refractivity contribution in [1.29, 1.82) is 0 Å². The molecular weight excluding hydrogens is 1690 g/mol. The molecule has 5 aromatic carbocycles. The summed E-state index contributed by atoms with van der Waals surface area (Å²) in [6.45, 7) is 9.80. The predicted molar refractivity (Wildman–Crippen MR) is 493 cm³/mol. The van der Waals surface area contributed by atoms with Crippen LogP contribution in [0.15, 0.2) is 134 Å². The smallest absolute Gasteiger partial charge is 0.326 e. The quantitative estimate of drug-likeness (QED) is 0.0400. The molecule has 24 rings (SSSR count). The van der Waals surface area contributed by atoms with Gasteiger partial charge in [-0.05, 0) is 137 Å². The highest BCUT2D eigenvalue weighted by Gasteiger charge is 2.57. The average Bonchev–Trinajstić information content (AvgIpc) is 1.57. The molecule has 7 atom stereocenters. The van der Waals surface area contributed by atoms with Crippen LogP contribution in [-0.2, 0) is 0 Å². The van der Waals surface area contributed by atoms with E-state index in [1.807, 2.05) is 87.6 Å². The van der Waals surface area contributed by atoms with Crippen LogP contribution in [-0.4, -0.2) is 184 Å². The van der Waals surface area contributed by atoms with Crippen LogP contribution < -0.4 is 82.7 Å². The number of hydrogen-bond donors (Lipinski definition) is 12. The minimum atomic E-state index is -0.689. The van der Waals surface area contributed by atoms with Crippen molar-refractivity contribution < 1.29 is 40.9 Å². The number of fused-ring (bicyclic) bond motifs is 14. The lowest BCUT2D eigenvalue weighted by atomic mass is 9.72. The standard InChI is InChI=1S/C24H22FN7O.2C23H23F2N7O.C22H22ClN7O/c1-27-21-17(25)7-6-16-19-22(29-20(16)21)30-24(31-23(19)32-9-8-14(26)12-32)33-15-10-13-4-2-3-5-18(13)28-11-15;1-10-3-4-12(7-28-10)33-23-30-21-18(17-14(24)6-15(25)19(27-2)20(17)29-21)22(31-23)32-8-11-5-16(26)13(11)9-32;1-11-3-4-12(8-28-11)33-22-30-20-17(16-13(24)7-14(25)18(27-2)19(16)29-20)21(31-22)32-9-15(26)23(10-32)5-6-23;1-25-15-8-12(23)7-14-17-19(27-18(14)15)28-21(31-13-3-2-5-26-10-13)29-20(17)30-6-4-22(11-30)9-16(22)24/h2-7,10-11,14,27H,8-9,12,26H2,1H3,(H,29,30,31);3-4,6-7,11,13,16,27H,5,8-9,26H2,1-2H3,(H,29,30,31);3-4,7-8,15,27H,5-6,9-10,26H2,1-2H3,(H,29,30,31);2-3,5,7-8,10,16,25H,4,6,9,11,24H2,1H3,(H,27,28,29)/t14-;11?,13?,16-;15-;16-,22-/m1000/s1. The van der Waals surface area contributed by atoms with Crippen molar-refractivity contribution in [1.82, 2.24) is 79.7 Å². The van der Waals surface area contributed by atoms with Crippen LogP contribution in [0, 0.1) is 65.6 Å². The summed E-state index contributed by atoms with van der Waals surface area (Å²) in [4.78, 5) is 75.8. The fraction of sp³-hybridized carbons (Fsp3) is 0.304. The molecule has 32 nitrogen and oxygen atoms in total. The molecule has 12 aromatic heterocycles. The number of hydrogen-bond acceptors (Lipinski definition) is 28. The van der Waals surface area contributed by atoms with Crippen molar-refractivity contribution in [2.45, 2.75) is 76.5 Å². The van der Waals surface area contributed by atoms with E-state index < -0.39 is 23.3 Å². The minimum absolute atomic E-state index is 0.00792. The van der Waals surface area contributed by atoms with Crippen LogP contribution in [0.3, 0.4) is 0 Å². The average molecular weight is 1780 g/mol. The van der Waals surface area contributed by atoms with Gasteiger partial charge in [-0.3, -0.25) is 19.9 Å². The van der Waals surface area contributed by atoms with Crippen molar-refractivity contribution in [2.24, 2.45) is 45.6 Å². The number of rotatable bonds is 16. The lowest BCUT2D eigenvalue weighted by Gasteiger charge is -2.36. The van der Waals surface area contributed by atoms with Gasteiger partial charge in [-0.15, -0.1) is 0 Å². The summed E-state index contributed by atoms with van der Waals surface area (Å²) in [6.07, 6.45) is 14.3. The number of aryl methyl sites for hydroxylation is 2. The van der Waals surface area contributed by atoms with Gasteiger partial charge < -0.3 is 103 Å². The SMILES string of the molecule is CNc1c(F)cc(F)c2c1[nH]c1nc(Oc3ccc(C)nc3)nc(N3CC4C[C@H](N)C4C3)c12.CNc1c(F)cc(F)c2c1[nH]c1nc(Oc3ccc(C)nc3)nc(N3C[C@H](N)C4(CC4)C3)c12.CNc1c(F)ccc2c1[nH]c1nc(Oc3cnc4ccccc4c3)nc(N3CC[C@@H](N)C3)c12.CNc1cc(Cl)cc2c1[nH]c1nc(Oc3cccnc3)nc(N3CC[C@]4(C[C@@H]4N)C3)c12. The van der Waals surface area contributed by atoms with E-state index >= 15 is 8.78 Å². The molecule has 0 amide bonds. The molecule has 3 aliphatic carbocycles. The summed E-state index contributed by atoms with van der Waals surface area (Å²) in [5, 5.41) is 18.4. The number of halogens is 6. The van der Waals surface area contributed by atoms with Gasteiger partial charge in [0, 0.05) is 166 Å². The van der Waals surface area contributed by atoms with Crippen LogP contribution in [0.2, 0.25) is 5.02 Å². The first-order chi connectivity index (χ1) is 63.0. The Morgan fingerprint density at radius 3 is 1.52 bits per heavy atom. The Morgan fingerprint density at radius 2 is 0.985 bits per heavy atom. The number of anilines is 8. The summed E-state index contributed by atoms with van der Waals surface area (Å²) in [5.41, 5.74) is 33.8. The molecule has 16 heterocycles. The van der Waals surface area contributed by atoms with E-state index in [4.69, 9.17) is 63.5 Å². The molecule has 38 heteroatoms. The van der Waals surface area contributed by atoms with E-state index in [1.54, 1.807) is 70.3 Å². The highest BCUT2D eigenvalue weighted by atomic mass is 35.5. The maximum atomic E-state index is 15.1. The van der Waals surface area contributed by atoms with Crippen LogP contribution in [0.1, 0.15) is 49.9 Å². The lowest BCUT2D eigenvalue weighted by molar-refractivity contribution is 0.194. The lowest BCUT2D eigenvalue weighted by Crippen LogP contribution is -2.46. The number of pyridine rings is 4. The number of para-hydroxylation sites is 1. The number of H-pyrrole nitrogens is 4. The molecule has 16 N–H and O–H groups in total. The largest absolute Gasteiger partial charge is 0.423 e. The highest BCUT2D eigenvalue weighted by Crippen LogP contribution is 2.56. The summed E-state index contributed by atoms with van der Waals surface area (Å²) < 4.78 is 97.3. The van der Waals surface area contributed by atoms with Gasteiger partial charge in [0.25, 0.3) is 0 Å². The zero-order valence-corrected chi connectivity index (χ0v) is 72.2. The van der Waals surface area contributed by atoms with Gasteiger partial charge in [0.05, 0.1) is 107 Å². The Morgan fingerprint density at radius 1 is 0.446 bits per heavy atom. The van der Waals surface area contributed by atoms with Crippen LogP contribution in [0.25, 0.3) is 98.6 Å². The predicted octanol–water partition coefficient (Wildman–Crippen LogP) is 15.7. The Kier molecular flexibility index (Phi) is 20.7. The fourth-order valence-electron chi connectivity index (χ4n) is 19.2. The third kappa shape index (κ3) is 14.9. The van der Waals surface area contributed by atoms with E-state index in [0.29, 0.717) is 120 Å². The van der Waals surface area contributed by atoms with Gasteiger partial charge in [-0.2, -0.15) is 39.9 Å². The minimum Gasteiger partial charge on any atom is -0.423 e. The molecule has 7 aliphatic rings. The first-order valence-corrected chi connectivity index (χ1v) is 43.4. The number of aromatic nitrogens is 16. The van der Waals surface area contributed by atoms with Gasteiger partial charge in [-0.25, -0.2) is 22.0 Å². The molecule has 2 unspecified atom stereocenters. The molecule has 4 saturated heterocycles. The molecule has 130 heavy (non-hydrogen) atoms. The second kappa shape index (κ2) is 32.6. The van der Waals surface area contributed by atoms with Crippen molar-refractivity contribution in [3.8, 4) is 47.0 Å². The maximum Gasteiger partial charge on any atom is 0.326 e. The van der Waals surface area contributed by atoms with Gasteiger partial charge >= 0.3 is 24.0 Å². The van der Waals surface area contributed by atoms with Crippen molar-refractivity contribution in [3.63, 3.8) is 0 Å². The van der Waals surface area contributed by atoms with Crippen LogP contribution in [0.5, 0.6) is 47.0 Å².